The van der Waals surface area contributed by atoms with Crippen molar-refractivity contribution in [1.82, 2.24) is 25.2 Å². The monoisotopic (exact) mass is 494 g/mol. The van der Waals surface area contributed by atoms with Crippen LogP contribution in [0, 0.1) is 0 Å². The molecule has 184 valence electrons. The number of amides is 1. The van der Waals surface area contributed by atoms with Crippen LogP contribution in [0.5, 0.6) is 0 Å². The van der Waals surface area contributed by atoms with Crippen molar-refractivity contribution in [1.29, 1.82) is 0 Å². The third kappa shape index (κ3) is 4.75. The summed E-state index contributed by atoms with van der Waals surface area (Å²) < 4.78 is 10.9. The summed E-state index contributed by atoms with van der Waals surface area (Å²) >= 11 is 1.33. The molecule has 9 nitrogen and oxygen atoms in total. The van der Waals surface area contributed by atoms with Crippen molar-refractivity contribution < 1.29 is 14.3 Å². The summed E-state index contributed by atoms with van der Waals surface area (Å²) in [6, 6.07) is 8.70. The standard InChI is InChI=1S/C25H30N6O3S/c32-23(28-18-6-11-33-12-7-18)25-29-21-22(26-16-27-24(21)35-25)31-15-17(19-3-1-2-4-20(19)31)5-8-30-9-13-34-14-10-30/h1-4,16-18H,5-15H2,(H,28,32). The van der Waals surface area contributed by atoms with Crippen LogP contribution < -0.4 is 10.2 Å². The molecule has 0 saturated carbocycles. The number of hydrogen-bond acceptors (Lipinski definition) is 9. The van der Waals surface area contributed by atoms with Gasteiger partial charge in [0, 0.05) is 50.5 Å². The summed E-state index contributed by atoms with van der Waals surface area (Å²) in [4.78, 5) is 32.2. The van der Waals surface area contributed by atoms with Crippen molar-refractivity contribution in [2.45, 2.75) is 31.2 Å². The summed E-state index contributed by atoms with van der Waals surface area (Å²) in [5.74, 6) is 1.04. The first-order valence-electron chi connectivity index (χ1n) is 12.4. The van der Waals surface area contributed by atoms with Crippen LogP contribution in [0.15, 0.2) is 30.6 Å². The minimum Gasteiger partial charge on any atom is -0.381 e. The lowest BCUT2D eigenvalue weighted by Gasteiger charge is -2.27. The van der Waals surface area contributed by atoms with E-state index in [-0.39, 0.29) is 11.9 Å². The van der Waals surface area contributed by atoms with E-state index in [0.29, 0.717) is 29.7 Å². The number of morpholine rings is 1. The van der Waals surface area contributed by atoms with Gasteiger partial charge in [-0.2, -0.15) is 0 Å². The second-order valence-electron chi connectivity index (χ2n) is 9.34. The maximum atomic E-state index is 12.9. The van der Waals surface area contributed by atoms with Crippen LogP contribution in [-0.2, 0) is 9.47 Å². The first-order valence-corrected chi connectivity index (χ1v) is 13.2. The lowest BCUT2D eigenvalue weighted by molar-refractivity contribution is 0.0367. The van der Waals surface area contributed by atoms with Gasteiger partial charge in [0.05, 0.1) is 13.2 Å². The molecular formula is C25H30N6O3S. The number of hydrogen-bond donors (Lipinski definition) is 1. The highest BCUT2D eigenvalue weighted by atomic mass is 32.1. The predicted molar refractivity (Wildman–Crippen MR) is 135 cm³/mol. The molecule has 5 heterocycles. The fraction of sp³-hybridized carbons (Fsp3) is 0.520. The second-order valence-corrected chi connectivity index (χ2v) is 10.3. The number of para-hydroxylation sites is 1. The van der Waals surface area contributed by atoms with E-state index in [9.17, 15) is 4.79 Å². The van der Waals surface area contributed by atoms with Gasteiger partial charge in [-0.1, -0.05) is 29.5 Å². The number of fused-ring (bicyclic) bond motifs is 2. The molecule has 0 aliphatic carbocycles. The normalized spacial score (nSPS) is 21.4. The number of benzene rings is 1. The zero-order chi connectivity index (χ0) is 23.6. The Morgan fingerprint density at radius 2 is 1.89 bits per heavy atom. The third-order valence-electron chi connectivity index (χ3n) is 7.15. The Labute approximate surface area is 208 Å². The summed E-state index contributed by atoms with van der Waals surface area (Å²) in [7, 11) is 0. The topological polar surface area (TPSA) is 92.7 Å². The van der Waals surface area contributed by atoms with Crippen molar-refractivity contribution in [3.63, 3.8) is 0 Å². The number of rotatable bonds is 6. The Morgan fingerprint density at radius 3 is 2.74 bits per heavy atom. The lowest BCUT2D eigenvalue weighted by Crippen LogP contribution is -2.38. The SMILES string of the molecule is O=C(NC1CCOCC1)c1nc2c(N3CC(CCN4CCOCC4)c4ccccc43)ncnc2s1. The fourth-order valence-electron chi connectivity index (χ4n) is 5.23. The molecule has 2 fully saturated rings. The van der Waals surface area contributed by atoms with Gasteiger partial charge in [0.15, 0.2) is 10.8 Å². The average Bonchev–Trinajstić information content (AvgIpc) is 3.51. The van der Waals surface area contributed by atoms with E-state index in [2.05, 4.69) is 49.4 Å². The molecule has 1 atom stereocenters. The molecule has 0 spiro atoms. The predicted octanol–water partition coefficient (Wildman–Crippen LogP) is 2.95. The number of carbonyl (C=O) groups is 1. The van der Waals surface area contributed by atoms with E-state index < -0.39 is 0 Å². The largest absolute Gasteiger partial charge is 0.381 e. The van der Waals surface area contributed by atoms with Crippen LogP contribution in [0.25, 0.3) is 10.3 Å². The van der Waals surface area contributed by atoms with Gasteiger partial charge in [-0.3, -0.25) is 9.69 Å². The van der Waals surface area contributed by atoms with Crippen LogP contribution in [0.1, 0.15) is 40.5 Å². The van der Waals surface area contributed by atoms with Crippen molar-refractivity contribution in [3.05, 3.63) is 41.2 Å². The molecule has 35 heavy (non-hydrogen) atoms. The van der Waals surface area contributed by atoms with Crippen LogP contribution >= 0.6 is 11.3 Å². The molecule has 0 radical (unpaired) electrons. The van der Waals surface area contributed by atoms with Gasteiger partial charge in [-0.15, -0.1) is 0 Å². The van der Waals surface area contributed by atoms with Gasteiger partial charge in [0.1, 0.15) is 16.7 Å². The van der Waals surface area contributed by atoms with Gasteiger partial charge in [-0.05, 0) is 37.4 Å². The molecular weight excluding hydrogens is 464 g/mol. The molecule has 10 heteroatoms. The lowest BCUT2D eigenvalue weighted by atomic mass is 9.98. The van der Waals surface area contributed by atoms with Crippen molar-refractivity contribution in [2.24, 2.45) is 0 Å². The van der Waals surface area contributed by atoms with E-state index in [1.165, 1.54) is 22.6 Å². The van der Waals surface area contributed by atoms with Crippen LogP contribution in [0.3, 0.4) is 0 Å². The van der Waals surface area contributed by atoms with Crippen LogP contribution in [-0.4, -0.2) is 84.4 Å². The molecule has 3 aliphatic heterocycles. The minimum absolute atomic E-state index is 0.131. The highest BCUT2D eigenvalue weighted by Crippen LogP contribution is 2.43. The molecule has 3 aliphatic rings. The molecule has 1 unspecified atom stereocenters. The zero-order valence-corrected chi connectivity index (χ0v) is 20.5. The number of nitrogens with zero attached hydrogens (tertiary/aromatic N) is 5. The van der Waals surface area contributed by atoms with Crippen molar-refractivity contribution >= 4 is 39.1 Å². The van der Waals surface area contributed by atoms with Crippen LogP contribution in [0.2, 0.25) is 0 Å². The summed E-state index contributed by atoms with van der Waals surface area (Å²) in [5, 5.41) is 3.54. The maximum absolute atomic E-state index is 12.9. The Bertz CT molecular complexity index is 1190. The van der Waals surface area contributed by atoms with Gasteiger partial charge < -0.3 is 19.7 Å². The smallest absolute Gasteiger partial charge is 0.280 e. The summed E-state index contributed by atoms with van der Waals surface area (Å²) in [5.41, 5.74) is 3.21. The zero-order valence-electron chi connectivity index (χ0n) is 19.7. The van der Waals surface area contributed by atoms with Gasteiger partial charge in [0.25, 0.3) is 5.91 Å². The number of nitrogens with one attached hydrogen (secondary N) is 1. The minimum atomic E-state index is -0.143. The molecule has 3 aromatic rings. The Hall–Kier alpha value is -2.66. The summed E-state index contributed by atoms with van der Waals surface area (Å²) in [6.07, 6.45) is 4.33. The van der Waals surface area contributed by atoms with E-state index >= 15 is 0 Å². The molecule has 1 N–H and O–H groups in total. The van der Waals surface area contributed by atoms with Gasteiger partial charge in [-0.25, -0.2) is 15.0 Å². The number of aromatic nitrogens is 3. The number of ether oxygens (including phenoxy) is 2. The van der Waals surface area contributed by atoms with Crippen molar-refractivity contribution in [2.75, 3.05) is 57.5 Å². The van der Waals surface area contributed by atoms with E-state index in [1.807, 2.05) is 0 Å². The number of anilines is 2. The first-order chi connectivity index (χ1) is 17.3. The molecule has 0 bridgehead atoms. The maximum Gasteiger partial charge on any atom is 0.280 e. The van der Waals surface area contributed by atoms with E-state index in [1.54, 1.807) is 6.33 Å². The molecule has 6 rings (SSSR count). The third-order valence-corrected chi connectivity index (χ3v) is 8.11. The Balaban J connectivity index is 1.24. The Kier molecular flexibility index (Phi) is 6.60. The quantitative estimate of drug-likeness (QED) is 0.559. The van der Waals surface area contributed by atoms with Gasteiger partial charge in [0.2, 0.25) is 0 Å². The molecule has 1 aromatic carbocycles. The molecule has 1 amide bonds. The van der Waals surface area contributed by atoms with Crippen LogP contribution in [0.4, 0.5) is 11.5 Å². The van der Waals surface area contributed by atoms with Gasteiger partial charge >= 0.3 is 0 Å². The number of carbonyl (C=O) groups excluding carboxylic acids is 1. The number of thiazole rings is 1. The Morgan fingerprint density at radius 1 is 1.09 bits per heavy atom. The fourth-order valence-corrected chi connectivity index (χ4v) is 6.04. The summed E-state index contributed by atoms with van der Waals surface area (Å²) in [6.45, 7) is 6.91. The average molecular weight is 495 g/mol. The van der Waals surface area contributed by atoms with E-state index in [0.717, 1.165) is 69.3 Å². The molecule has 2 saturated heterocycles. The second kappa shape index (κ2) is 10.1. The highest BCUT2D eigenvalue weighted by molar-refractivity contribution is 7.20. The molecule has 2 aromatic heterocycles. The van der Waals surface area contributed by atoms with Crippen molar-refractivity contribution in [3.8, 4) is 0 Å². The first kappa shape index (κ1) is 22.8. The highest BCUT2D eigenvalue weighted by Gasteiger charge is 2.32. The van der Waals surface area contributed by atoms with E-state index in [4.69, 9.17) is 14.5 Å².